The Morgan fingerprint density at radius 1 is 1.22 bits per heavy atom. The Kier molecular flexibility index (Phi) is 6.02. The molecule has 10 nitrogen and oxygen atoms in total. The number of amides is 1. The maximum Gasteiger partial charge on any atom is 0.243 e. The van der Waals surface area contributed by atoms with Gasteiger partial charge in [-0.3, -0.25) is 4.79 Å². The molecule has 0 saturated heterocycles. The molecule has 0 fully saturated rings. The first kappa shape index (κ1) is 22.0. The third-order valence-corrected chi connectivity index (χ3v) is 7.25. The smallest absolute Gasteiger partial charge is 0.243 e. The molecule has 1 N–H and O–H groups in total. The van der Waals surface area contributed by atoms with Crippen molar-refractivity contribution in [3.05, 3.63) is 42.0 Å². The van der Waals surface area contributed by atoms with Crippen molar-refractivity contribution in [2.75, 3.05) is 20.4 Å². The van der Waals surface area contributed by atoms with Crippen molar-refractivity contribution in [2.45, 2.75) is 37.8 Å². The minimum atomic E-state index is -3.87. The minimum Gasteiger partial charge on any atom is -0.454 e. The zero-order valence-corrected chi connectivity index (χ0v) is 18.9. The quantitative estimate of drug-likeness (QED) is 0.548. The second-order valence-electron chi connectivity index (χ2n) is 7.67. The Morgan fingerprint density at radius 3 is 2.78 bits per heavy atom. The van der Waals surface area contributed by atoms with E-state index in [2.05, 4.69) is 15.6 Å². The van der Waals surface area contributed by atoms with E-state index in [0.717, 1.165) is 21.8 Å². The molecule has 1 aliphatic heterocycles. The molecule has 4 rings (SSSR count). The van der Waals surface area contributed by atoms with E-state index in [0.29, 0.717) is 17.0 Å². The molecule has 2 aromatic carbocycles. The molecule has 32 heavy (non-hydrogen) atoms. The molecule has 1 amide bonds. The number of likely N-dealkylation sites (N-methyl/N-ethyl adjacent to an activating group) is 1. The van der Waals surface area contributed by atoms with E-state index < -0.39 is 15.9 Å². The number of fused-ring (bicyclic) bond motifs is 2. The summed E-state index contributed by atoms with van der Waals surface area (Å²) < 4.78 is 39.3. The van der Waals surface area contributed by atoms with Crippen LogP contribution in [0, 0.1) is 0 Å². The molecular formula is C21H25N5O5S. The van der Waals surface area contributed by atoms with E-state index in [4.69, 9.17) is 9.47 Å². The van der Waals surface area contributed by atoms with Gasteiger partial charge in [0.05, 0.1) is 23.0 Å². The third kappa shape index (κ3) is 4.26. The highest BCUT2D eigenvalue weighted by Gasteiger charge is 2.24. The number of hydrogen-bond acceptors (Lipinski definition) is 7. The summed E-state index contributed by atoms with van der Waals surface area (Å²) >= 11 is 0. The molecular weight excluding hydrogens is 434 g/mol. The first-order valence-electron chi connectivity index (χ1n) is 10.3. The van der Waals surface area contributed by atoms with E-state index in [1.54, 1.807) is 22.9 Å². The fourth-order valence-electron chi connectivity index (χ4n) is 3.36. The van der Waals surface area contributed by atoms with Gasteiger partial charge in [0.2, 0.25) is 22.7 Å². The number of carbonyl (C=O) groups excluding carboxylic acids is 1. The van der Waals surface area contributed by atoms with Crippen molar-refractivity contribution in [3.63, 3.8) is 0 Å². The normalized spacial score (nSPS) is 14.1. The van der Waals surface area contributed by atoms with E-state index in [9.17, 15) is 13.2 Å². The molecule has 1 unspecified atom stereocenters. The Hall–Kier alpha value is -3.18. The fourth-order valence-corrected chi connectivity index (χ4v) is 4.50. The van der Waals surface area contributed by atoms with Gasteiger partial charge in [-0.2, -0.15) is 4.31 Å². The average molecular weight is 460 g/mol. The summed E-state index contributed by atoms with van der Waals surface area (Å²) in [5.74, 6) is 0.863. The lowest BCUT2D eigenvalue weighted by molar-refractivity contribution is -0.121. The van der Waals surface area contributed by atoms with Crippen molar-refractivity contribution in [1.29, 1.82) is 0 Å². The second-order valence-corrected chi connectivity index (χ2v) is 9.71. The SMILES string of the molecule is CCC(C)n1nnc2cc(S(=O)(=O)N(C)CC(=O)NCc3ccc4c(c3)OCO4)ccc21. The number of rotatable bonds is 8. The third-order valence-electron chi connectivity index (χ3n) is 5.45. The van der Waals surface area contributed by atoms with Crippen LogP contribution in [0.3, 0.4) is 0 Å². The van der Waals surface area contributed by atoms with E-state index in [1.807, 2.05) is 19.9 Å². The predicted molar refractivity (Wildman–Crippen MR) is 117 cm³/mol. The standard InChI is InChI=1S/C21H25N5O5S/c1-4-14(2)26-18-7-6-16(10-17(18)23-24-26)32(28,29)25(3)12-21(27)22-11-15-5-8-19-20(9-15)31-13-30-19/h5-10,14H,4,11-13H2,1-3H3,(H,22,27). The van der Waals surface area contributed by atoms with Crippen LogP contribution >= 0.6 is 0 Å². The first-order valence-corrected chi connectivity index (χ1v) is 11.7. The lowest BCUT2D eigenvalue weighted by atomic mass is 10.2. The van der Waals surface area contributed by atoms with Gasteiger partial charge in [-0.1, -0.05) is 18.2 Å². The lowest BCUT2D eigenvalue weighted by Crippen LogP contribution is -2.38. The summed E-state index contributed by atoms with van der Waals surface area (Å²) in [5.41, 5.74) is 2.08. The van der Waals surface area contributed by atoms with Crippen LogP contribution in [0.4, 0.5) is 0 Å². The molecule has 1 aromatic heterocycles. The van der Waals surface area contributed by atoms with Crippen LogP contribution in [-0.2, 0) is 21.4 Å². The monoisotopic (exact) mass is 459 g/mol. The Morgan fingerprint density at radius 2 is 2.00 bits per heavy atom. The molecule has 0 spiro atoms. The van der Waals surface area contributed by atoms with Crippen LogP contribution in [0.2, 0.25) is 0 Å². The van der Waals surface area contributed by atoms with E-state index in [1.165, 1.54) is 19.2 Å². The number of sulfonamides is 1. The molecule has 0 saturated carbocycles. The van der Waals surface area contributed by atoms with E-state index in [-0.39, 0.29) is 30.8 Å². The Balaban J connectivity index is 1.41. The molecule has 0 radical (unpaired) electrons. The highest BCUT2D eigenvalue weighted by molar-refractivity contribution is 7.89. The molecule has 0 bridgehead atoms. The molecule has 0 aliphatic carbocycles. The van der Waals surface area contributed by atoms with Crippen molar-refractivity contribution in [3.8, 4) is 11.5 Å². The van der Waals surface area contributed by atoms with Gasteiger partial charge in [-0.05, 0) is 49.2 Å². The van der Waals surface area contributed by atoms with Crippen LogP contribution in [0.15, 0.2) is 41.3 Å². The summed E-state index contributed by atoms with van der Waals surface area (Å²) in [5, 5.41) is 11.0. The number of ether oxygens (including phenoxy) is 2. The zero-order valence-electron chi connectivity index (χ0n) is 18.1. The van der Waals surface area contributed by atoms with Crippen LogP contribution in [0.1, 0.15) is 31.9 Å². The highest BCUT2D eigenvalue weighted by Crippen LogP contribution is 2.32. The van der Waals surface area contributed by atoms with Crippen LogP contribution < -0.4 is 14.8 Å². The molecule has 170 valence electrons. The molecule has 11 heteroatoms. The number of benzene rings is 2. The summed E-state index contributed by atoms with van der Waals surface area (Å²) in [6.07, 6.45) is 0.878. The number of aromatic nitrogens is 3. The second kappa shape index (κ2) is 8.75. The number of nitrogens with zero attached hydrogens (tertiary/aromatic N) is 4. The van der Waals surface area contributed by atoms with Gasteiger partial charge in [0.1, 0.15) is 5.52 Å². The minimum absolute atomic E-state index is 0.0623. The van der Waals surface area contributed by atoms with Gasteiger partial charge in [-0.15, -0.1) is 5.10 Å². The van der Waals surface area contributed by atoms with Gasteiger partial charge < -0.3 is 14.8 Å². The molecule has 2 heterocycles. The maximum atomic E-state index is 13.0. The Labute approximate surface area is 186 Å². The summed E-state index contributed by atoms with van der Waals surface area (Å²) in [6, 6.07) is 10.2. The topological polar surface area (TPSA) is 116 Å². The number of carbonyl (C=O) groups is 1. The van der Waals surface area contributed by atoms with Crippen molar-refractivity contribution in [2.24, 2.45) is 0 Å². The van der Waals surface area contributed by atoms with Gasteiger partial charge in [0.15, 0.2) is 11.5 Å². The molecule has 1 aliphatic rings. The van der Waals surface area contributed by atoms with Crippen LogP contribution in [0.5, 0.6) is 11.5 Å². The summed E-state index contributed by atoms with van der Waals surface area (Å²) in [6.45, 7) is 4.17. The molecule has 3 aromatic rings. The van der Waals surface area contributed by atoms with Gasteiger partial charge in [0.25, 0.3) is 0 Å². The molecule has 1 atom stereocenters. The van der Waals surface area contributed by atoms with Crippen molar-refractivity contribution >= 4 is 27.0 Å². The lowest BCUT2D eigenvalue weighted by Gasteiger charge is -2.17. The average Bonchev–Trinajstić information content (AvgIpc) is 3.43. The van der Waals surface area contributed by atoms with Crippen LogP contribution in [-0.4, -0.2) is 54.0 Å². The number of nitrogens with one attached hydrogen (secondary N) is 1. The highest BCUT2D eigenvalue weighted by atomic mass is 32.2. The fraction of sp³-hybridized carbons (Fsp3) is 0.381. The number of hydrogen-bond donors (Lipinski definition) is 1. The van der Waals surface area contributed by atoms with Gasteiger partial charge >= 0.3 is 0 Å². The first-order chi connectivity index (χ1) is 15.3. The van der Waals surface area contributed by atoms with Gasteiger partial charge in [-0.25, -0.2) is 13.1 Å². The predicted octanol–water partition coefficient (Wildman–Crippen LogP) is 2.07. The summed E-state index contributed by atoms with van der Waals surface area (Å²) in [4.78, 5) is 12.4. The van der Waals surface area contributed by atoms with E-state index >= 15 is 0 Å². The largest absolute Gasteiger partial charge is 0.454 e. The van der Waals surface area contributed by atoms with Crippen LogP contribution in [0.25, 0.3) is 11.0 Å². The Bertz CT molecular complexity index is 1260. The van der Waals surface area contributed by atoms with Crippen molar-refractivity contribution in [1.82, 2.24) is 24.6 Å². The van der Waals surface area contributed by atoms with Crippen molar-refractivity contribution < 1.29 is 22.7 Å². The summed E-state index contributed by atoms with van der Waals surface area (Å²) in [7, 11) is -2.50. The van der Waals surface area contributed by atoms with Gasteiger partial charge in [0, 0.05) is 13.6 Å². The maximum absolute atomic E-state index is 13.0. The zero-order chi connectivity index (χ0) is 22.9.